The number of hydrogen-bond donors (Lipinski definition) is 1. The third kappa shape index (κ3) is 2.17. The van der Waals surface area contributed by atoms with Gasteiger partial charge in [-0.05, 0) is 31.2 Å². The van der Waals surface area contributed by atoms with Crippen molar-refractivity contribution in [1.82, 2.24) is 4.98 Å². The van der Waals surface area contributed by atoms with E-state index >= 15 is 0 Å². The van der Waals surface area contributed by atoms with Gasteiger partial charge >= 0.3 is 0 Å². The minimum Gasteiger partial charge on any atom is -0.380 e. The zero-order valence-corrected chi connectivity index (χ0v) is 9.88. The third-order valence-electron chi connectivity index (χ3n) is 2.30. The van der Waals surface area contributed by atoms with Crippen molar-refractivity contribution in [3.05, 3.63) is 47.6 Å². The Morgan fingerprint density at radius 2 is 2.25 bits per heavy atom. The van der Waals surface area contributed by atoms with E-state index in [4.69, 9.17) is 11.6 Å². The van der Waals surface area contributed by atoms with Crippen LogP contribution in [0.2, 0.25) is 5.02 Å². The maximum absolute atomic E-state index is 6.11. The topological polar surface area (TPSA) is 24.9 Å². The summed E-state index contributed by atoms with van der Waals surface area (Å²) in [6.07, 6.45) is 1.77. The molecule has 2 rings (SSSR count). The average Bonchev–Trinajstić information content (AvgIpc) is 2.28. The number of nitrogens with zero attached hydrogens (tertiary/aromatic N) is 1. The van der Waals surface area contributed by atoms with Crippen LogP contribution < -0.4 is 5.32 Å². The maximum atomic E-state index is 6.11. The average molecular weight is 233 g/mol. The Hall–Kier alpha value is -1.54. The summed E-state index contributed by atoms with van der Waals surface area (Å²) in [6, 6.07) is 7.68. The molecule has 0 atom stereocenters. The molecule has 1 aromatic heterocycles. The van der Waals surface area contributed by atoms with Gasteiger partial charge in [0.2, 0.25) is 0 Å². The fraction of sp³-hybridized carbons (Fsp3) is 0.154. The second-order valence-corrected chi connectivity index (χ2v) is 4.21. The molecule has 0 radical (unpaired) electrons. The largest absolute Gasteiger partial charge is 0.380 e. The molecule has 1 aromatic carbocycles. The SMILES string of the molecule is C=C(C)CNc1ccc(Cl)c2cccnc12. The van der Waals surface area contributed by atoms with E-state index < -0.39 is 0 Å². The summed E-state index contributed by atoms with van der Waals surface area (Å²) in [4.78, 5) is 4.34. The molecule has 16 heavy (non-hydrogen) atoms. The van der Waals surface area contributed by atoms with Crippen LogP contribution in [-0.2, 0) is 0 Å². The summed E-state index contributed by atoms with van der Waals surface area (Å²) in [5, 5.41) is 4.99. The first-order valence-electron chi connectivity index (χ1n) is 5.10. The van der Waals surface area contributed by atoms with Gasteiger partial charge in [-0.3, -0.25) is 4.98 Å². The number of halogens is 1. The van der Waals surface area contributed by atoms with E-state index in [1.165, 1.54) is 0 Å². The molecule has 0 bridgehead atoms. The monoisotopic (exact) mass is 232 g/mol. The minimum absolute atomic E-state index is 0.726. The van der Waals surface area contributed by atoms with Gasteiger partial charge in [-0.2, -0.15) is 0 Å². The molecule has 0 fully saturated rings. The Labute approximate surface area is 100.0 Å². The third-order valence-corrected chi connectivity index (χ3v) is 2.63. The Balaban J connectivity index is 2.46. The number of hydrogen-bond acceptors (Lipinski definition) is 2. The summed E-state index contributed by atoms with van der Waals surface area (Å²) in [5.41, 5.74) is 2.97. The van der Waals surface area contributed by atoms with Crippen molar-refractivity contribution in [1.29, 1.82) is 0 Å². The lowest BCUT2D eigenvalue weighted by molar-refractivity contribution is 1.22. The highest BCUT2D eigenvalue weighted by Gasteiger charge is 2.04. The van der Waals surface area contributed by atoms with Crippen LogP contribution in [0.3, 0.4) is 0 Å². The lowest BCUT2D eigenvalue weighted by Crippen LogP contribution is -2.02. The van der Waals surface area contributed by atoms with E-state index in [2.05, 4.69) is 16.9 Å². The number of benzene rings is 1. The van der Waals surface area contributed by atoms with E-state index in [-0.39, 0.29) is 0 Å². The minimum atomic E-state index is 0.726. The van der Waals surface area contributed by atoms with Crippen LogP contribution in [0.25, 0.3) is 10.9 Å². The fourth-order valence-electron chi connectivity index (χ4n) is 1.53. The number of anilines is 1. The molecule has 0 saturated heterocycles. The molecule has 0 saturated carbocycles. The molecule has 82 valence electrons. The number of rotatable bonds is 3. The Bertz CT molecular complexity index is 534. The molecule has 1 heterocycles. The molecule has 0 aliphatic heterocycles. The molecular formula is C13H13ClN2. The number of pyridine rings is 1. The van der Waals surface area contributed by atoms with E-state index in [1.807, 2.05) is 31.2 Å². The van der Waals surface area contributed by atoms with Crippen LogP contribution in [0.4, 0.5) is 5.69 Å². The van der Waals surface area contributed by atoms with Crippen molar-refractivity contribution in [2.24, 2.45) is 0 Å². The molecule has 0 unspecified atom stereocenters. The van der Waals surface area contributed by atoms with Crippen molar-refractivity contribution >= 4 is 28.2 Å². The first-order valence-corrected chi connectivity index (χ1v) is 5.48. The van der Waals surface area contributed by atoms with Gasteiger partial charge in [0.25, 0.3) is 0 Å². The molecule has 0 aliphatic rings. The lowest BCUT2D eigenvalue weighted by Gasteiger charge is -2.09. The molecule has 2 nitrogen and oxygen atoms in total. The molecule has 0 aliphatic carbocycles. The zero-order chi connectivity index (χ0) is 11.5. The van der Waals surface area contributed by atoms with Gasteiger partial charge in [-0.1, -0.05) is 23.8 Å². The van der Waals surface area contributed by atoms with E-state index in [0.29, 0.717) is 0 Å². The predicted octanol–water partition coefficient (Wildman–Crippen LogP) is 3.88. The highest BCUT2D eigenvalue weighted by Crippen LogP contribution is 2.27. The molecular weight excluding hydrogens is 220 g/mol. The standard InChI is InChI=1S/C13H13ClN2/c1-9(2)8-16-12-6-5-11(14)10-4-3-7-15-13(10)12/h3-7,16H,1,8H2,2H3. The van der Waals surface area contributed by atoms with Crippen molar-refractivity contribution in [3.63, 3.8) is 0 Å². The Kier molecular flexibility index (Phi) is 3.11. The molecule has 1 N–H and O–H groups in total. The molecule has 3 heteroatoms. The summed E-state index contributed by atoms with van der Waals surface area (Å²) >= 11 is 6.11. The van der Waals surface area contributed by atoms with Gasteiger partial charge in [0, 0.05) is 18.1 Å². The van der Waals surface area contributed by atoms with E-state index in [1.54, 1.807) is 6.20 Å². The lowest BCUT2D eigenvalue weighted by atomic mass is 10.2. The molecule has 0 amide bonds. The van der Waals surface area contributed by atoms with E-state index in [0.717, 1.165) is 33.7 Å². The summed E-state index contributed by atoms with van der Waals surface area (Å²) in [6.45, 7) is 6.59. The van der Waals surface area contributed by atoms with Crippen molar-refractivity contribution in [2.45, 2.75) is 6.92 Å². The van der Waals surface area contributed by atoms with Crippen LogP contribution >= 0.6 is 11.6 Å². The first-order chi connectivity index (χ1) is 7.68. The van der Waals surface area contributed by atoms with Gasteiger partial charge in [0.05, 0.1) is 16.2 Å². The van der Waals surface area contributed by atoms with Gasteiger partial charge in [-0.25, -0.2) is 0 Å². The van der Waals surface area contributed by atoms with Crippen LogP contribution in [0.5, 0.6) is 0 Å². The fourth-order valence-corrected chi connectivity index (χ4v) is 1.74. The number of nitrogens with one attached hydrogen (secondary N) is 1. The van der Waals surface area contributed by atoms with Crippen LogP contribution in [0.15, 0.2) is 42.6 Å². The number of aromatic nitrogens is 1. The second kappa shape index (κ2) is 4.54. The highest BCUT2D eigenvalue weighted by atomic mass is 35.5. The highest BCUT2D eigenvalue weighted by molar-refractivity contribution is 6.35. The smallest absolute Gasteiger partial charge is 0.0948 e. The van der Waals surface area contributed by atoms with Crippen LogP contribution in [0.1, 0.15) is 6.92 Å². The van der Waals surface area contributed by atoms with E-state index in [9.17, 15) is 0 Å². The Morgan fingerprint density at radius 3 is 3.00 bits per heavy atom. The van der Waals surface area contributed by atoms with Gasteiger partial charge in [-0.15, -0.1) is 0 Å². The van der Waals surface area contributed by atoms with Crippen molar-refractivity contribution in [2.75, 3.05) is 11.9 Å². The zero-order valence-electron chi connectivity index (χ0n) is 9.13. The Morgan fingerprint density at radius 1 is 1.44 bits per heavy atom. The summed E-state index contributed by atoms with van der Waals surface area (Å²) in [5.74, 6) is 0. The van der Waals surface area contributed by atoms with Gasteiger partial charge < -0.3 is 5.32 Å². The second-order valence-electron chi connectivity index (χ2n) is 3.81. The summed E-state index contributed by atoms with van der Waals surface area (Å²) in [7, 11) is 0. The molecule has 0 spiro atoms. The number of fused-ring (bicyclic) bond motifs is 1. The van der Waals surface area contributed by atoms with Gasteiger partial charge in [0.15, 0.2) is 0 Å². The quantitative estimate of drug-likeness (QED) is 0.813. The predicted molar refractivity (Wildman–Crippen MR) is 70.1 cm³/mol. The summed E-state index contributed by atoms with van der Waals surface area (Å²) < 4.78 is 0. The normalized spacial score (nSPS) is 10.4. The van der Waals surface area contributed by atoms with Gasteiger partial charge in [0.1, 0.15) is 0 Å². The first kappa shape index (κ1) is 11.0. The van der Waals surface area contributed by atoms with Crippen LogP contribution in [-0.4, -0.2) is 11.5 Å². The van der Waals surface area contributed by atoms with Crippen molar-refractivity contribution in [3.8, 4) is 0 Å². The van der Waals surface area contributed by atoms with Crippen LogP contribution in [0, 0.1) is 0 Å². The maximum Gasteiger partial charge on any atom is 0.0948 e. The molecule has 2 aromatic rings. The van der Waals surface area contributed by atoms with Crippen molar-refractivity contribution < 1.29 is 0 Å².